The van der Waals surface area contributed by atoms with Gasteiger partial charge >= 0.3 is 0 Å². The topological polar surface area (TPSA) is 123 Å². The first kappa shape index (κ1) is 20.2. The fourth-order valence-electron chi connectivity index (χ4n) is 3.27. The van der Waals surface area contributed by atoms with Crippen molar-refractivity contribution >= 4 is 23.1 Å². The van der Waals surface area contributed by atoms with Gasteiger partial charge in [-0.25, -0.2) is 0 Å². The normalized spacial score (nSPS) is 18.2. The number of nitrogens with zero attached hydrogens (tertiary/aromatic N) is 3. The largest absolute Gasteiger partial charge is 0.507 e. The van der Waals surface area contributed by atoms with E-state index in [1.54, 1.807) is 25.4 Å². The van der Waals surface area contributed by atoms with Crippen molar-refractivity contribution in [3.63, 3.8) is 0 Å². The molecule has 1 unspecified atom stereocenters. The zero-order chi connectivity index (χ0) is 21.0. The summed E-state index contributed by atoms with van der Waals surface area (Å²) in [5.41, 5.74) is 0.562. The number of carbonyl (C=O) groups excluding carboxylic acids is 2. The summed E-state index contributed by atoms with van der Waals surface area (Å²) in [6, 6.07) is 7.71. The zero-order valence-corrected chi connectivity index (χ0v) is 15.6. The monoisotopic (exact) mass is 397 g/mol. The molecule has 1 aromatic heterocycles. The van der Waals surface area contributed by atoms with Gasteiger partial charge in [-0.1, -0.05) is 6.07 Å². The molecule has 1 atom stereocenters. The van der Waals surface area contributed by atoms with Crippen molar-refractivity contribution in [2.45, 2.75) is 12.5 Å². The second-order valence-corrected chi connectivity index (χ2v) is 6.43. The fourth-order valence-corrected chi connectivity index (χ4v) is 3.27. The molecule has 1 amide bonds. The van der Waals surface area contributed by atoms with E-state index in [0.717, 1.165) is 0 Å². The molecule has 0 saturated carbocycles. The van der Waals surface area contributed by atoms with Gasteiger partial charge in [0.15, 0.2) is 0 Å². The number of ether oxygens (including phenoxy) is 1. The van der Waals surface area contributed by atoms with Crippen molar-refractivity contribution < 1.29 is 24.4 Å². The number of hydrogen-bond acceptors (Lipinski definition) is 7. The second-order valence-electron chi connectivity index (χ2n) is 6.43. The molecule has 1 fully saturated rings. The predicted molar refractivity (Wildman–Crippen MR) is 103 cm³/mol. The number of carbonyl (C=O) groups is 2. The number of benzene rings is 1. The zero-order valence-electron chi connectivity index (χ0n) is 15.6. The maximum Gasteiger partial charge on any atom is 0.295 e. The predicted octanol–water partition coefficient (Wildman–Crippen LogP) is 2.45. The molecule has 3 rings (SSSR count). The number of methoxy groups -OCH3 is 1. The highest BCUT2D eigenvalue weighted by atomic mass is 16.6. The van der Waals surface area contributed by atoms with Gasteiger partial charge in [0.2, 0.25) is 0 Å². The molecule has 2 heterocycles. The Kier molecular flexibility index (Phi) is 5.99. The Morgan fingerprint density at radius 1 is 1.28 bits per heavy atom. The van der Waals surface area contributed by atoms with Crippen LogP contribution < -0.4 is 0 Å². The lowest BCUT2D eigenvalue weighted by molar-refractivity contribution is -0.384. The summed E-state index contributed by atoms with van der Waals surface area (Å²) in [6.07, 6.45) is 3.61. The van der Waals surface area contributed by atoms with Crippen LogP contribution in [0.5, 0.6) is 0 Å². The molecule has 1 aliphatic heterocycles. The van der Waals surface area contributed by atoms with E-state index in [1.165, 1.54) is 35.4 Å². The van der Waals surface area contributed by atoms with Crippen molar-refractivity contribution in [3.05, 3.63) is 75.6 Å². The fraction of sp³-hybridized carbons (Fsp3) is 0.250. The highest BCUT2D eigenvalue weighted by molar-refractivity contribution is 6.46. The van der Waals surface area contributed by atoms with E-state index in [-0.39, 0.29) is 29.1 Å². The third-order valence-electron chi connectivity index (χ3n) is 4.64. The number of aliphatic hydroxyl groups is 1. The summed E-state index contributed by atoms with van der Waals surface area (Å²) >= 11 is 0. The average molecular weight is 397 g/mol. The Hall–Kier alpha value is -3.59. The van der Waals surface area contributed by atoms with Gasteiger partial charge in [-0.15, -0.1) is 0 Å². The lowest BCUT2D eigenvalue weighted by Gasteiger charge is -2.24. The van der Waals surface area contributed by atoms with Gasteiger partial charge in [0.25, 0.3) is 17.4 Å². The van der Waals surface area contributed by atoms with Gasteiger partial charge < -0.3 is 14.7 Å². The summed E-state index contributed by atoms with van der Waals surface area (Å²) in [5, 5.41) is 21.7. The van der Waals surface area contributed by atoms with Crippen LogP contribution in [0.2, 0.25) is 0 Å². The minimum atomic E-state index is -0.813. The minimum Gasteiger partial charge on any atom is -0.507 e. The number of rotatable bonds is 7. The Morgan fingerprint density at radius 2 is 2.00 bits per heavy atom. The SMILES string of the molecule is COCCCN1C(=O)C(=O)/C(=C(\O)c2ccc([N+](=O)[O-])cc2)C1c1cccnc1. The first-order valence-electron chi connectivity index (χ1n) is 8.87. The van der Waals surface area contributed by atoms with Crippen molar-refractivity contribution in [3.8, 4) is 0 Å². The van der Waals surface area contributed by atoms with Crippen molar-refractivity contribution in [2.75, 3.05) is 20.3 Å². The Morgan fingerprint density at radius 3 is 2.59 bits per heavy atom. The first-order chi connectivity index (χ1) is 14.0. The summed E-state index contributed by atoms with van der Waals surface area (Å²) < 4.78 is 5.03. The molecular formula is C20H19N3O6. The number of aliphatic hydroxyl groups excluding tert-OH is 1. The molecule has 0 aliphatic carbocycles. The highest BCUT2D eigenvalue weighted by Gasteiger charge is 2.45. The highest BCUT2D eigenvalue weighted by Crippen LogP contribution is 2.39. The molecule has 0 radical (unpaired) electrons. The van der Waals surface area contributed by atoms with Crippen molar-refractivity contribution in [1.29, 1.82) is 0 Å². The molecule has 1 aliphatic rings. The number of hydrogen-bond donors (Lipinski definition) is 1. The molecule has 1 saturated heterocycles. The quantitative estimate of drug-likeness (QED) is 0.190. The summed E-state index contributed by atoms with van der Waals surface area (Å²) in [6.45, 7) is 0.667. The summed E-state index contributed by atoms with van der Waals surface area (Å²) in [4.78, 5) is 41.1. The number of nitro benzene ring substituents is 1. The average Bonchev–Trinajstić information content (AvgIpc) is 2.99. The van der Waals surface area contributed by atoms with E-state index < -0.39 is 22.7 Å². The number of ketones is 1. The second kappa shape index (κ2) is 8.61. The molecule has 2 aromatic rings. The first-order valence-corrected chi connectivity index (χ1v) is 8.87. The lowest BCUT2D eigenvalue weighted by Crippen LogP contribution is -2.31. The Bertz CT molecular complexity index is 956. The van der Waals surface area contributed by atoms with Crippen molar-refractivity contribution in [2.24, 2.45) is 0 Å². The number of nitro groups is 1. The number of pyridine rings is 1. The molecule has 1 aromatic carbocycles. The van der Waals surface area contributed by atoms with Gasteiger partial charge in [0.05, 0.1) is 16.5 Å². The van der Waals surface area contributed by atoms with Crippen LogP contribution in [0.3, 0.4) is 0 Å². The van der Waals surface area contributed by atoms with E-state index in [4.69, 9.17) is 4.74 Å². The van der Waals surface area contributed by atoms with E-state index in [2.05, 4.69) is 4.98 Å². The molecule has 0 bridgehead atoms. The number of non-ortho nitro benzene ring substituents is 1. The molecule has 9 nitrogen and oxygen atoms in total. The van der Waals surface area contributed by atoms with Gasteiger partial charge in [-0.3, -0.25) is 24.7 Å². The number of amides is 1. The van der Waals surface area contributed by atoms with Crippen LogP contribution in [0.4, 0.5) is 5.69 Å². The Labute approximate surface area is 166 Å². The van der Waals surface area contributed by atoms with Crippen LogP contribution in [0.1, 0.15) is 23.6 Å². The third-order valence-corrected chi connectivity index (χ3v) is 4.64. The molecule has 9 heteroatoms. The molecule has 29 heavy (non-hydrogen) atoms. The molecule has 1 N–H and O–H groups in total. The smallest absolute Gasteiger partial charge is 0.295 e. The minimum absolute atomic E-state index is 0.0748. The van der Waals surface area contributed by atoms with E-state index in [1.807, 2.05) is 0 Å². The number of likely N-dealkylation sites (tertiary alicyclic amines) is 1. The molecule has 150 valence electrons. The van der Waals surface area contributed by atoms with Gasteiger partial charge in [-0.05, 0) is 30.2 Å². The molecular weight excluding hydrogens is 378 g/mol. The lowest BCUT2D eigenvalue weighted by atomic mass is 9.96. The summed E-state index contributed by atoms with van der Waals surface area (Å²) in [7, 11) is 1.54. The van der Waals surface area contributed by atoms with Gasteiger partial charge in [-0.2, -0.15) is 0 Å². The van der Waals surface area contributed by atoms with E-state index in [0.29, 0.717) is 18.6 Å². The summed E-state index contributed by atoms with van der Waals surface area (Å²) in [5.74, 6) is -1.92. The van der Waals surface area contributed by atoms with Crippen LogP contribution in [-0.4, -0.2) is 51.9 Å². The number of aromatic nitrogens is 1. The van der Waals surface area contributed by atoms with Crippen LogP contribution in [0.25, 0.3) is 5.76 Å². The van der Waals surface area contributed by atoms with Crippen molar-refractivity contribution in [1.82, 2.24) is 9.88 Å². The standard InChI is InChI=1S/C20H19N3O6/c1-29-11-3-10-22-17(14-4-2-9-21-12-14)16(19(25)20(22)26)18(24)13-5-7-15(8-6-13)23(27)28/h2,4-9,12,17,24H,3,10-11H2,1H3/b18-16-. The Balaban J connectivity index is 2.08. The van der Waals surface area contributed by atoms with E-state index >= 15 is 0 Å². The maximum absolute atomic E-state index is 12.8. The van der Waals surface area contributed by atoms with Crippen LogP contribution in [0, 0.1) is 10.1 Å². The van der Waals surface area contributed by atoms with Crippen LogP contribution in [-0.2, 0) is 14.3 Å². The van der Waals surface area contributed by atoms with Gasteiger partial charge in [0.1, 0.15) is 5.76 Å². The van der Waals surface area contributed by atoms with Crippen LogP contribution in [0.15, 0.2) is 54.4 Å². The van der Waals surface area contributed by atoms with Gasteiger partial charge in [0, 0.05) is 50.4 Å². The number of Topliss-reactive ketones (excluding diaryl/α,β-unsaturated/α-hetero) is 1. The third kappa shape index (κ3) is 3.99. The van der Waals surface area contributed by atoms with Crippen LogP contribution >= 0.6 is 0 Å². The van der Waals surface area contributed by atoms with E-state index in [9.17, 15) is 24.8 Å². The maximum atomic E-state index is 12.8. The molecule has 0 spiro atoms.